The molecule has 0 bridgehead atoms. The topological polar surface area (TPSA) is 80.3 Å². The Kier molecular flexibility index (Phi) is 8.23. The van der Waals surface area contributed by atoms with Crippen LogP contribution in [0.3, 0.4) is 0 Å². The Bertz CT molecular complexity index is 1080. The number of carbonyl (C=O) groups excluding carboxylic acids is 2. The van der Waals surface area contributed by atoms with E-state index in [2.05, 4.69) is 12.2 Å². The van der Waals surface area contributed by atoms with Crippen molar-refractivity contribution in [2.24, 2.45) is 5.92 Å². The van der Waals surface area contributed by atoms with Gasteiger partial charge in [0.05, 0.1) is 26.5 Å². The number of aryl methyl sites for hydroxylation is 1. The number of benzene rings is 2. The Labute approximate surface area is 213 Å². The van der Waals surface area contributed by atoms with Gasteiger partial charge in [0.2, 0.25) is 5.91 Å². The molecule has 2 aromatic carbocycles. The van der Waals surface area contributed by atoms with Crippen LogP contribution in [-0.2, 0) is 11.2 Å². The smallest absolute Gasteiger partial charge is 0.324 e. The molecule has 0 unspecified atom stereocenters. The third kappa shape index (κ3) is 5.69. The van der Waals surface area contributed by atoms with Gasteiger partial charge in [-0.2, -0.15) is 0 Å². The quantitative estimate of drug-likeness (QED) is 0.623. The van der Waals surface area contributed by atoms with Gasteiger partial charge in [-0.1, -0.05) is 19.1 Å². The summed E-state index contributed by atoms with van der Waals surface area (Å²) in [7, 11) is 3.25. The summed E-state index contributed by atoms with van der Waals surface area (Å²) in [4.78, 5) is 30.0. The summed E-state index contributed by atoms with van der Waals surface area (Å²) in [6.45, 7) is 6.30. The van der Waals surface area contributed by atoms with Gasteiger partial charge in [0.1, 0.15) is 23.4 Å². The van der Waals surface area contributed by atoms with Crippen molar-refractivity contribution in [2.75, 3.05) is 45.3 Å². The van der Waals surface area contributed by atoms with Gasteiger partial charge in [0.25, 0.3) is 0 Å². The van der Waals surface area contributed by atoms with Gasteiger partial charge < -0.3 is 24.4 Å². The Hall–Kier alpha value is -3.42. The zero-order chi connectivity index (χ0) is 25.7. The fourth-order valence-corrected chi connectivity index (χ4v) is 4.88. The van der Waals surface area contributed by atoms with Crippen molar-refractivity contribution in [1.29, 1.82) is 0 Å². The lowest BCUT2D eigenvalue weighted by Crippen LogP contribution is -2.52. The maximum Gasteiger partial charge on any atom is 0.324 e. The Morgan fingerprint density at radius 2 is 1.86 bits per heavy atom. The number of fused-ring (bicyclic) bond motifs is 1. The number of amides is 3. The van der Waals surface area contributed by atoms with Crippen molar-refractivity contribution in [3.8, 4) is 17.2 Å². The second kappa shape index (κ2) is 11.5. The minimum absolute atomic E-state index is 0.00550. The molecule has 1 atom stereocenters. The first-order valence-corrected chi connectivity index (χ1v) is 12.8. The number of hydrogen-bond acceptors (Lipinski definition) is 5. The highest BCUT2D eigenvalue weighted by Crippen LogP contribution is 2.36. The molecule has 36 heavy (non-hydrogen) atoms. The molecule has 2 aromatic rings. The van der Waals surface area contributed by atoms with Crippen LogP contribution in [0.25, 0.3) is 0 Å². The van der Waals surface area contributed by atoms with Gasteiger partial charge in [-0.25, -0.2) is 4.79 Å². The van der Waals surface area contributed by atoms with Crippen molar-refractivity contribution in [3.63, 3.8) is 0 Å². The molecule has 3 amide bonds. The molecule has 8 nitrogen and oxygen atoms in total. The summed E-state index contributed by atoms with van der Waals surface area (Å²) in [6.07, 6.45) is 2.81. The molecule has 8 heteroatoms. The number of hydrogen-bond donors (Lipinski definition) is 1. The summed E-state index contributed by atoms with van der Waals surface area (Å²) in [6, 6.07) is 11.7. The third-order valence-corrected chi connectivity index (χ3v) is 7.10. The van der Waals surface area contributed by atoms with Crippen LogP contribution in [0.15, 0.2) is 36.4 Å². The van der Waals surface area contributed by atoms with E-state index < -0.39 is 0 Å². The normalized spacial score (nSPS) is 17.7. The van der Waals surface area contributed by atoms with Crippen molar-refractivity contribution >= 4 is 17.6 Å². The first-order valence-electron chi connectivity index (χ1n) is 12.8. The molecule has 0 aromatic heterocycles. The molecular weight excluding hydrogens is 458 g/mol. The molecule has 1 fully saturated rings. The summed E-state index contributed by atoms with van der Waals surface area (Å²) < 4.78 is 16.8. The van der Waals surface area contributed by atoms with Crippen LogP contribution in [0.1, 0.15) is 37.3 Å². The van der Waals surface area contributed by atoms with E-state index in [1.54, 1.807) is 14.2 Å². The van der Waals surface area contributed by atoms with Gasteiger partial charge in [-0.15, -0.1) is 0 Å². The number of likely N-dealkylation sites (tertiary alicyclic amines) is 1. The fraction of sp³-hybridized carbons (Fsp3) is 0.500. The van der Waals surface area contributed by atoms with Gasteiger partial charge in [0, 0.05) is 31.6 Å². The summed E-state index contributed by atoms with van der Waals surface area (Å²) in [5.41, 5.74) is 2.94. The van der Waals surface area contributed by atoms with Crippen molar-refractivity contribution in [1.82, 2.24) is 10.2 Å². The number of nitrogens with zero attached hydrogens (tertiary/aromatic N) is 2. The highest BCUT2D eigenvalue weighted by atomic mass is 16.5. The first kappa shape index (κ1) is 25.7. The number of carbonyl (C=O) groups is 2. The van der Waals surface area contributed by atoms with Crippen LogP contribution in [0, 0.1) is 12.8 Å². The Morgan fingerprint density at radius 3 is 2.56 bits per heavy atom. The SMILES string of the molecule is CC[C@@H]1CN(C(=O)N2CCC(C(=O)NCCc3ccc(OC)cc3OC)CC2)c2cc(C)ccc2O1. The number of nitrogens with one attached hydrogen (secondary N) is 1. The maximum atomic E-state index is 13.5. The van der Waals surface area contributed by atoms with Crippen LogP contribution in [-0.4, -0.2) is 63.3 Å². The molecule has 0 saturated carbocycles. The number of rotatable bonds is 7. The predicted octanol–water partition coefficient (Wildman–Crippen LogP) is 4.18. The average molecular weight is 496 g/mol. The first-order chi connectivity index (χ1) is 17.4. The van der Waals surface area contributed by atoms with E-state index in [0.717, 1.165) is 40.5 Å². The van der Waals surface area contributed by atoms with E-state index in [0.29, 0.717) is 45.4 Å². The largest absolute Gasteiger partial charge is 0.497 e. The predicted molar refractivity (Wildman–Crippen MR) is 139 cm³/mol. The van der Waals surface area contributed by atoms with Crippen LogP contribution in [0.4, 0.5) is 10.5 Å². The van der Waals surface area contributed by atoms with Crippen molar-refractivity contribution in [2.45, 2.75) is 45.6 Å². The summed E-state index contributed by atoms with van der Waals surface area (Å²) >= 11 is 0. The molecule has 2 heterocycles. The molecule has 4 rings (SSSR count). The van der Waals surface area contributed by atoms with Crippen LogP contribution in [0.5, 0.6) is 17.2 Å². The molecule has 0 radical (unpaired) electrons. The minimum atomic E-state index is -0.0885. The minimum Gasteiger partial charge on any atom is -0.497 e. The van der Waals surface area contributed by atoms with E-state index in [1.165, 1.54) is 0 Å². The maximum absolute atomic E-state index is 13.5. The van der Waals surface area contributed by atoms with Gasteiger partial charge >= 0.3 is 6.03 Å². The van der Waals surface area contributed by atoms with E-state index >= 15 is 0 Å². The monoisotopic (exact) mass is 495 g/mol. The lowest BCUT2D eigenvalue weighted by molar-refractivity contribution is -0.126. The summed E-state index contributed by atoms with van der Waals surface area (Å²) in [5, 5.41) is 3.06. The van der Waals surface area contributed by atoms with Gasteiger partial charge in [0.15, 0.2) is 0 Å². The molecular formula is C28H37N3O5. The standard InChI is InChI=1S/C28H37N3O5/c1-5-22-18-31(24-16-19(2)6-9-25(24)36-22)28(33)30-14-11-21(12-15-30)27(32)29-13-10-20-7-8-23(34-3)17-26(20)35-4/h6-9,16-17,21-22H,5,10-15,18H2,1-4H3,(H,29,32)/t22-/m1/s1. The van der Waals surface area contributed by atoms with E-state index in [9.17, 15) is 9.59 Å². The number of anilines is 1. The van der Waals surface area contributed by atoms with Crippen LogP contribution < -0.4 is 24.4 Å². The molecule has 2 aliphatic heterocycles. The molecule has 2 aliphatic rings. The van der Waals surface area contributed by atoms with Crippen molar-refractivity contribution in [3.05, 3.63) is 47.5 Å². The summed E-state index contributed by atoms with van der Waals surface area (Å²) in [5.74, 6) is 2.21. The molecule has 0 aliphatic carbocycles. The highest BCUT2D eigenvalue weighted by Gasteiger charge is 2.34. The number of piperidine rings is 1. The second-order valence-corrected chi connectivity index (χ2v) is 9.49. The zero-order valence-electron chi connectivity index (χ0n) is 21.7. The fourth-order valence-electron chi connectivity index (χ4n) is 4.88. The van der Waals surface area contributed by atoms with Crippen LogP contribution >= 0.6 is 0 Å². The molecule has 1 saturated heterocycles. The lowest BCUT2D eigenvalue weighted by atomic mass is 9.96. The highest BCUT2D eigenvalue weighted by molar-refractivity contribution is 5.94. The van der Waals surface area contributed by atoms with Crippen molar-refractivity contribution < 1.29 is 23.8 Å². The van der Waals surface area contributed by atoms with E-state index in [1.807, 2.05) is 53.1 Å². The number of ether oxygens (including phenoxy) is 3. The molecule has 1 N–H and O–H groups in total. The Morgan fingerprint density at radius 1 is 1.08 bits per heavy atom. The average Bonchev–Trinajstić information content (AvgIpc) is 2.92. The molecule has 194 valence electrons. The van der Waals surface area contributed by atoms with Crippen LogP contribution in [0.2, 0.25) is 0 Å². The van der Waals surface area contributed by atoms with E-state index in [-0.39, 0.29) is 24.0 Å². The van der Waals surface area contributed by atoms with Gasteiger partial charge in [-0.05, 0) is 61.9 Å². The Balaban J connectivity index is 1.30. The zero-order valence-corrected chi connectivity index (χ0v) is 21.7. The third-order valence-electron chi connectivity index (χ3n) is 7.10. The number of urea groups is 1. The number of methoxy groups -OCH3 is 2. The van der Waals surface area contributed by atoms with E-state index in [4.69, 9.17) is 14.2 Å². The lowest BCUT2D eigenvalue weighted by Gasteiger charge is -2.39. The molecule has 0 spiro atoms. The second-order valence-electron chi connectivity index (χ2n) is 9.49. The van der Waals surface area contributed by atoms with Gasteiger partial charge in [-0.3, -0.25) is 9.69 Å².